The van der Waals surface area contributed by atoms with E-state index in [9.17, 15) is 0 Å². The number of thiophene rings is 1. The molecule has 0 aliphatic carbocycles. The molecule has 3 heterocycles. The maximum Gasteiger partial charge on any atom is 0.149 e. The molecule has 0 unspecified atom stereocenters. The smallest absolute Gasteiger partial charge is 0.149 e. The van der Waals surface area contributed by atoms with Crippen LogP contribution < -0.4 is 0 Å². The molecule has 6 rings (SSSR count). The van der Waals surface area contributed by atoms with Gasteiger partial charge in [0.25, 0.3) is 0 Å². The minimum Gasteiger partial charge on any atom is -0.246 e. The third-order valence-corrected chi connectivity index (χ3v) is 6.77. The number of rotatable bonds is 3. The van der Waals surface area contributed by atoms with Gasteiger partial charge in [0.15, 0.2) is 0 Å². The van der Waals surface area contributed by atoms with E-state index in [1.807, 2.05) is 48.5 Å². The lowest BCUT2D eigenvalue weighted by atomic mass is 9.97. The van der Waals surface area contributed by atoms with Gasteiger partial charge in [-0.05, 0) is 29.8 Å². The molecule has 0 N–H and O–H groups in total. The highest BCUT2D eigenvalue weighted by molar-refractivity contribution is 7.25. The number of benzene rings is 3. The van der Waals surface area contributed by atoms with Gasteiger partial charge in [-0.1, -0.05) is 84.4 Å². The highest BCUT2D eigenvalue weighted by Crippen LogP contribution is 2.42. The van der Waals surface area contributed by atoms with Crippen LogP contribution in [0.2, 0.25) is 5.02 Å². The Balaban J connectivity index is 1.69. The summed E-state index contributed by atoms with van der Waals surface area (Å²) in [5, 5.41) is 11.0. The number of halogens is 1. The summed E-state index contributed by atoms with van der Waals surface area (Å²) < 4.78 is 1.09. The van der Waals surface area contributed by atoms with Gasteiger partial charge in [0.1, 0.15) is 10.5 Å². The van der Waals surface area contributed by atoms with Crippen molar-refractivity contribution in [2.24, 2.45) is 0 Å². The molecule has 0 saturated heterocycles. The van der Waals surface area contributed by atoms with Crippen molar-refractivity contribution in [3.05, 3.63) is 102 Å². The van der Waals surface area contributed by atoms with Crippen LogP contribution >= 0.6 is 22.9 Å². The van der Waals surface area contributed by atoms with Crippen molar-refractivity contribution in [2.75, 3.05) is 0 Å². The van der Waals surface area contributed by atoms with Gasteiger partial charge in [0, 0.05) is 27.1 Å². The number of nitrogens with zero attached hydrogens (tertiary/aromatic N) is 3. The summed E-state index contributed by atoms with van der Waals surface area (Å²) in [4.78, 5) is 5.97. The van der Waals surface area contributed by atoms with E-state index in [2.05, 4.69) is 58.7 Å². The second-order valence-corrected chi connectivity index (χ2v) is 8.96. The van der Waals surface area contributed by atoms with Crippen molar-refractivity contribution in [3.8, 4) is 33.6 Å². The molecule has 0 bridgehead atoms. The minimum atomic E-state index is 0.713. The van der Waals surface area contributed by atoms with E-state index in [4.69, 9.17) is 16.6 Å². The van der Waals surface area contributed by atoms with Crippen LogP contribution in [-0.4, -0.2) is 15.2 Å². The monoisotopic (exact) mass is 449 g/mol. The Hall–Kier alpha value is -3.60. The van der Waals surface area contributed by atoms with E-state index in [1.54, 1.807) is 11.3 Å². The standard InChI is InChI=1S/C27H16ClN3S/c28-20-13-11-17(12-14-20)21-15-16-22-26(29-21)24-23(18-7-3-1-4-8-18)25(30-31-27(24)32-22)19-9-5-2-6-10-19/h1-16H. The molecular formula is C27H16ClN3S. The minimum absolute atomic E-state index is 0.713. The number of hydrogen-bond acceptors (Lipinski definition) is 4. The quantitative estimate of drug-likeness (QED) is 0.275. The molecule has 5 heteroatoms. The number of fused-ring (bicyclic) bond motifs is 3. The highest BCUT2D eigenvalue weighted by Gasteiger charge is 2.20. The molecule has 6 aromatic rings. The zero-order valence-electron chi connectivity index (χ0n) is 16.9. The van der Waals surface area contributed by atoms with Gasteiger partial charge in [-0.25, -0.2) is 4.98 Å². The lowest BCUT2D eigenvalue weighted by Crippen LogP contribution is -1.94. The van der Waals surface area contributed by atoms with Gasteiger partial charge < -0.3 is 0 Å². The fourth-order valence-electron chi connectivity index (χ4n) is 3.99. The summed E-state index contributed by atoms with van der Waals surface area (Å²) >= 11 is 7.71. The molecule has 0 amide bonds. The number of pyridine rings is 1. The van der Waals surface area contributed by atoms with E-state index in [-0.39, 0.29) is 0 Å². The number of aromatic nitrogens is 3. The Morgan fingerprint density at radius 3 is 2.03 bits per heavy atom. The van der Waals surface area contributed by atoms with Crippen molar-refractivity contribution in [1.82, 2.24) is 15.2 Å². The van der Waals surface area contributed by atoms with Crippen LogP contribution in [-0.2, 0) is 0 Å². The molecular weight excluding hydrogens is 434 g/mol. The second-order valence-electron chi connectivity index (χ2n) is 7.49. The van der Waals surface area contributed by atoms with Gasteiger partial charge in [-0.2, -0.15) is 0 Å². The van der Waals surface area contributed by atoms with Crippen LogP contribution in [0.15, 0.2) is 97.1 Å². The topological polar surface area (TPSA) is 38.7 Å². The molecule has 152 valence electrons. The summed E-state index contributed by atoms with van der Waals surface area (Å²) in [6.45, 7) is 0. The summed E-state index contributed by atoms with van der Waals surface area (Å²) in [5.41, 5.74) is 6.95. The van der Waals surface area contributed by atoms with Crippen LogP contribution in [0.5, 0.6) is 0 Å². The first-order valence-corrected chi connectivity index (χ1v) is 11.4. The van der Waals surface area contributed by atoms with Crippen LogP contribution in [0, 0.1) is 0 Å². The molecule has 0 aliphatic heterocycles. The SMILES string of the molecule is Clc1ccc(-c2ccc3sc4nnc(-c5ccccc5)c(-c5ccccc5)c4c3n2)cc1. The lowest BCUT2D eigenvalue weighted by Gasteiger charge is -2.10. The molecule has 0 spiro atoms. The fraction of sp³-hybridized carbons (Fsp3) is 0. The molecule has 0 aliphatic rings. The summed E-state index contributed by atoms with van der Waals surface area (Å²) in [5.74, 6) is 0. The average molecular weight is 450 g/mol. The van der Waals surface area contributed by atoms with Crippen LogP contribution in [0.4, 0.5) is 0 Å². The predicted molar refractivity (Wildman–Crippen MR) is 134 cm³/mol. The van der Waals surface area contributed by atoms with Crippen molar-refractivity contribution in [3.63, 3.8) is 0 Å². The van der Waals surface area contributed by atoms with Crippen molar-refractivity contribution in [2.45, 2.75) is 0 Å². The molecule has 0 saturated carbocycles. The third kappa shape index (κ3) is 3.25. The summed E-state index contributed by atoms with van der Waals surface area (Å²) in [6, 6.07) is 32.5. The van der Waals surface area contributed by atoms with E-state index in [0.29, 0.717) is 5.02 Å². The first-order chi connectivity index (χ1) is 15.8. The molecule has 3 aromatic carbocycles. The molecule has 3 aromatic heterocycles. The Bertz CT molecular complexity index is 1560. The van der Waals surface area contributed by atoms with Crippen LogP contribution in [0.1, 0.15) is 0 Å². The van der Waals surface area contributed by atoms with Gasteiger partial charge in [0.2, 0.25) is 0 Å². The number of hydrogen-bond donors (Lipinski definition) is 0. The summed E-state index contributed by atoms with van der Waals surface area (Å²) in [7, 11) is 0. The summed E-state index contributed by atoms with van der Waals surface area (Å²) in [6.07, 6.45) is 0. The average Bonchev–Trinajstić information content (AvgIpc) is 3.23. The Labute approximate surface area is 194 Å². The Morgan fingerprint density at radius 1 is 0.625 bits per heavy atom. The van der Waals surface area contributed by atoms with E-state index in [0.717, 1.165) is 54.1 Å². The first-order valence-electron chi connectivity index (χ1n) is 10.2. The first kappa shape index (κ1) is 19.1. The maximum atomic E-state index is 6.09. The highest BCUT2D eigenvalue weighted by atomic mass is 35.5. The Kier molecular flexibility index (Phi) is 4.67. The Morgan fingerprint density at radius 2 is 1.31 bits per heavy atom. The molecule has 0 radical (unpaired) electrons. The van der Waals surface area contributed by atoms with Gasteiger partial charge >= 0.3 is 0 Å². The van der Waals surface area contributed by atoms with Crippen molar-refractivity contribution < 1.29 is 0 Å². The zero-order chi connectivity index (χ0) is 21.5. The lowest BCUT2D eigenvalue weighted by molar-refractivity contribution is 1.09. The molecule has 32 heavy (non-hydrogen) atoms. The normalized spacial score (nSPS) is 11.3. The van der Waals surface area contributed by atoms with Crippen LogP contribution in [0.3, 0.4) is 0 Å². The van der Waals surface area contributed by atoms with E-state index in [1.165, 1.54) is 0 Å². The van der Waals surface area contributed by atoms with Gasteiger partial charge in [-0.15, -0.1) is 21.5 Å². The van der Waals surface area contributed by atoms with Crippen molar-refractivity contribution in [1.29, 1.82) is 0 Å². The van der Waals surface area contributed by atoms with Gasteiger partial charge in [0.05, 0.1) is 15.9 Å². The molecule has 0 atom stereocenters. The zero-order valence-corrected chi connectivity index (χ0v) is 18.4. The third-order valence-electron chi connectivity index (χ3n) is 5.49. The maximum absolute atomic E-state index is 6.09. The second kappa shape index (κ2) is 7.83. The van der Waals surface area contributed by atoms with Gasteiger partial charge in [-0.3, -0.25) is 0 Å². The largest absolute Gasteiger partial charge is 0.246 e. The van der Waals surface area contributed by atoms with E-state index >= 15 is 0 Å². The molecule has 0 fully saturated rings. The van der Waals surface area contributed by atoms with Crippen molar-refractivity contribution >= 4 is 43.4 Å². The fourth-order valence-corrected chi connectivity index (χ4v) is 5.09. The predicted octanol–water partition coefficient (Wildman–Crippen LogP) is 7.89. The molecule has 3 nitrogen and oxygen atoms in total. The van der Waals surface area contributed by atoms with E-state index < -0.39 is 0 Å². The van der Waals surface area contributed by atoms with Crippen LogP contribution in [0.25, 0.3) is 54.1 Å².